The summed E-state index contributed by atoms with van der Waals surface area (Å²) < 4.78 is 0. The Morgan fingerprint density at radius 2 is 2.08 bits per heavy atom. The van der Waals surface area contributed by atoms with E-state index in [2.05, 4.69) is 5.32 Å². The molecule has 1 aromatic rings. The van der Waals surface area contributed by atoms with Gasteiger partial charge in [-0.1, -0.05) is 58.3 Å². The highest BCUT2D eigenvalue weighted by Crippen LogP contribution is 2.54. The van der Waals surface area contributed by atoms with Gasteiger partial charge in [0.2, 0.25) is 5.91 Å². The van der Waals surface area contributed by atoms with E-state index in [9.17, 15) is 9.90 Å². The van der Waals surface area contributed by atoms with Crippen LogP contribution in [0.25, 0.3) is 0 Å². The summed E-state index contributed by atoms with van der Waals surface area (Å²) in [6.45, 7) is 0.594. The van der Waals surface area contributed by atoms with Crippen LogP contribution in [-0.2, 0) is 4.79 Å². The van der Waals surface area contributed by atoms with Crippen LogP contribution in [0, 0.1) is 5.41 Å². The lowest BCUT2D eigenvalue weighted by Crippen LogP contribution is -2.33. The lowest BCUT2D eigenvalue weighted by Gasteiger charge is -2.23. The maximum Gasteiger partial charge on any atom is 0.220 e. The number of benzene rings is 1. The molecule has 2 atom stereocenters. The molecule has 2 N–H and O–H groups in total. The Bertz CT molecular complexity index is 527. The number of rotatable bonds is 9. The zero-order chi connectivity index (χ0) is 16.8. The topological polar surface area (TPSA) is 49.3 Å². The first-order valence-corrected chi connectivity index (χ1v) is 11.4. The van der Waals surface area contributed by atoms with Gasteiger partial charge in [-0.25, -0.2) is 0 Å². The zero-order valence-electron chi connectivity index (χ0n) is 14.1. The summed E-state index contributed by atoms with van der Waals surface area (Å²) >= 11 is 0. The number of hydrogen-bond acceptors (Lipinski definition) is 4. The first-order chi connectivity index (χ1) is 11.7. The van der Waals surface area contributed by atoms with Crippen molar-refractivity contribution in [2.75, 3.05) is 12.3 Å². The molecule has 132 valence electrons. The van der Waals surface area contributed by atoms with Gasteiger partial charge in [-0.2, -0.15) is 0 Å². The first-order valence-electron chi connectivity index (χ1n) is 8.98. The summed E-state index contributed by atoms with van der Waals surface area (Å²) in [6.07, 6.45) is 6.78. The zero-order valence-corrected chi connectivity index (χ0v) is 15.7. The van der Waals surface area contributed by atoms with Crippen LogP contribution in [0.1, 0.15) is 56.6 Å². The molecule has 1 saturated carbocycles. The third-order valence-electron chi connectivity index (χ3n) is 5.13. The van der Waals surface area contributed by atoms with Crippen LogP contribution in [0.4, 0.5) is 0 Å². The first kappa shape index (κ1) is 18.2. The van der Waals surface area contributed by atoms with Crippen molar-refractivity contribution in [3.8, 4) is 0 Å². The Hall–Kier alpha value is -0.650. The number of carbonyl (C=O) groups is 1. The van der Waals surface area contributed by atoms with E-state index in [1.807, 2.05) is 51.9 Å². The molecule has 3 nitrogen and oxygen atoms in total. The second-order valence-corrected chi connectivity index (χ2v) is 9.81. The molecule has 1 heterocycles. The molecule has 2 fully saturated rings. The van der Waals surface area contributed by atoms with Crippen molar-refractivity contribution >= 4 is 27.5 Å². The van der Waals surface area contributed by atoms with Gasteiger partial charge in [0, 0.05) is 29.4 Å². The molecule has 1 aliphatic heterocycles. The molecule has 1 saturated heterocycles. The van der Waals surface area contributed by atoms with E-state index < -0.39 is 6.10 Å². The van der Waals surface area contributed by atoms with Gasteiger partial charge in [-0.3, -0.25) is 4.79 Å². The second-order valence-electron chi connectivity index (χ2n) is 7.03. The lowest BCUT2D eigenvalue weighted by molar-refractivity contribution is -0.121. The average Bonchev–Trinajstić information content (AvgIpc) is 3.23. The third kappa shape index (κ3) is 4.93. The van der Waals surface area contributed by atoms with Crippen LogP contribution in [0.2, 0.25) is 0 Å². The van der Waals surface area contributed by atoms with Crippen LogP contribution in [0.5, 0.6) is 0 Å². The quantitative estimate of drug-likeness (QED) is 0.505. The Balaban J connectivity index is 1.35. The van der Waals surface area contributed by atoms with E-state index in [0.717, 1.165) is 36.5 Å². The number of aliphatic hydroxyl groups excluding tert-OH is 1. The van der Waals surface area contributed by atoms with Gasteiger partial charge in [0.1, 0.15) is 0 Å². The van der Waals surface area contributed by atoms with E-state index in [0.29, 0.717) is 13.0 Å². The Kier molecular flexibility index (Phi) is 6.53. The van der Waals surface area contributed by atoms with Gasteiger partial charge in [-0.15, -0.1) is 0 Å². The summed E-state index contributed by atoms with van der Waals surface area (Å²) in [6, 6.07) is 9.79. The normalized spacial score (nSPS) is 23.0. The molecular formula is C19H27NO2S2. The number of amides is 1. The minimum Gasteiger partial charge on any atom is -0.388 e. The van der Waals surface area contributed by atoms with Gasteiger partial charge >= 0.3 is 0 Å². The van der Waals surface area contributed by atoms with E-state index >= 15 is 0 Å². The van der Waals surface area contributed by atoms with Crippen LogP contribution in [-0.4, -0.2) is 28.6 Å². The molecule has 2 aliphatic rings. The monoisotopic (exact) mass is 365 g/mol. The van der Waals surface area contributed by atoms with Crippen LogP contribution < -0.4 is 5.32 Å². The molecule has 1 aliphatic carbocycles. The van der Waals surface area contributed by atoms with E-state index in [4.69, 9.17) is 0 Å². The van der Waals surface area contributed by atoms with Gasteiger partial charge < -0.3 is 10.4 Å². The standard InChI is InChI=1S/C19H27NO2S2/c21-17(9-5-4-8-16-10-13-23-24-16)20-14-19(11-12-19)18(22)15-6-2-1-3-7-15/h1-3,6-7,16,18,22H,4-5,8-14H2,(H,20,21)/t16-,18+/m0/s1. The molecule has 0 radical (unpaired) electrons. The van der Waals surface area contributed by atoms with Gasteiger partial charge in [0.15, 0.2) is 0 Å². The van der Waals surface area contributed by atoms with Crippen molar-refractivity contribution in [1.82, 2.24) is 5.32 Å². The lowest BCUT2D eigenvalue weighted by atomic mass is 9.92. The molecule has 5 heteroatoms. The SMILES string of the molecule is O=C(CCCC[C@H]1CCSS1)NCC1([C@H](O)c2ccccc2)CC1. The molecule has 1 amide bonds. The summed E-state index contributed by atoms with van der Waals surface area (Å²) in [4.78, 5) is 12.1. The Labute approximate surface area is 152 Å². The number of aliphatic hydroxyl groups is 1. The van der Waals surface area contributed by atoms with E-state index in [1.54, 1.807) is 0 Å². The summed E-state index contributed by atoms with van der Waals surface area (Å²) in [5.41, 5.74) is 0.811. The van der Waals surface area contributed by atoms with Crippen LogP contribution >= 0.6 is 21.6 Å². The fourth-order valence-electron chi connectivity index (χ4n) is 3.28. The average molecular weight is 366 g/mol. The number of carbonyl (C=O) groups excluding carboxylic acids is 1. The van der Waals surface area contributed by atoms with Gasteiger partial charge in [-0.05, 0) is 37.7 Å². The molecule has 0 bridgehead atoms. The van der Waals surface area contributed by atoms with Crippen LogP contribution in [0.15, 0.2) is 30.3 Å². The smallest absolute Gasteiger partial charge is 0.220 e. The number of unbranched alkanes of at least 4 members (excludes halogenated alkanes) is 1. The van der Waals surface area contributed by atoms with Crippen molar-refractivity contribution in [3.63, 3.8) is 0 Å². The summed E-state index contributed by atoms with van der Waals surface area (Å²) in [7, 11) is 3.99. The molecule has 3 rings (SSSR count). The highest BCUT2D eigenvalue weighted by Gasteiger charge is 2.49. The molecule has 0 unspecified atom stereocenters. The minimum absolute atomic E-state index is 0.134. The Morgan fingerprint density at radius 1 is 1.29 bits per heavy atom. The minimum atomic E-state index is -0.476. The van der Waals surface area contributed by atoms with Crippen molar-refractivity contribution < 1.29 is 9.90 Å². The third-order valence-corrected chi connectivity index (χ3v) is 8.14. The largest absolute Gasteiger partial charge is 0.388 e. The molecule has 1 aromatic carbocycles. The summed E-state index contributed by atoms with van der Waals surface area (Å²) in [5.74, 6) is 1.41. The molecule has 24 heavy (non-hydrogen) atoms. The molecule has 0 aromatic heterocycles. The Morgan fingerprint density at radius 3 is 2.75 bits per heavy atom. The molecule has 0 spiro atoms. The predicted octanol–water partition coefficient (Wildman–Crippen LogP) is 4.33. The summed E-state index contributed by atoms with van der Waals surface area (Å²) in [5, 5.41) is 14.5. The predicted molar refractivity (Wildman–Crippen MR) is 103 cm³/mol. The van der Waals surface area contributed by atoms with Crippen molar-refractivity contribution in [2.24, 2.45) is 5.41 Å². The van der Waals surface area contributed by atoms with Gasteiger partial charge in [0.25, 0.3) is 0 Å². The van der Waals surface area contributed by atoms with Gasteiger partial charge in [0.05, 0.1) is 6.10 Å². The van der Waals surface area contributed by atoms with Crippen LogP contribution in [0.3, 0.4) is 0 Å². The fraction of sp³-hybridized carbons (Fsp3) is 0.632. The van der Waals surface area contributed by atoms with Crippen molar-refractivity contribution in [3.05, 3.63) is 35.9 Å². The second kappa shape index (κ2) is 8.63. The highest BCUT2D eigenvalue weighted by atomic mass is 33.1. The van der Waals surface area contributed by atoms with Crippen molar-refractivity contribution in [1.29, 1.82) is 0 Å². The van der Waals surface area contributed by atoms with E-state index in [1.165, 1.54) is 18.6 Å². The van der Waals surface area contributed by atoms with E-state index in [-0.39, 0.29) is 11.3 Å². The maximum absolute atomic E-state index is 12.1. The number of nitrogens with one attached hydrogen (secondary N) is 1. The number of hydrogen-bond donors (Lipinski definition) is 2. The fourth-order valence-corrected chi connectivity index (χ4v) is 6.31. The van der Waals surface area contributed by atoms with Crippen molar-refractivity contribution in [2.45, 2.75) is 56.3 Å². The maximum atomic E-state index is 12.1. The highest BCUT2D eigenvalue weighted by molar-refractivity contribution is 8.77. The molecular weight excluding hydrogens is 338 g/mol.